The van der Waals surface area contributed by atoms with E-state index in [-0.39, 0.29) is 29.6 Å². The topological polar surface area (TPSA) is 96.3 Å². The van der Waals surface area contributed by atoms with E-state index in [1.807, 2.05) is 39.2 Å². The Balaban J connectivity index is 1.98. The van der Waals surface area contributed by atoms with Crippen LogP contribution in [0.4, 0.5) is 5.69 Å². The van der Waals surface area contributed by atoms with Crippen LogP contribution >= 0.6 is 0 Å². The molecule has 0 saturated heterocycles. The highest BCUT2D eigenvalue weighted by molar-refractivity contribution is 5.93. The number of aromatic nitrogens is 2. The Morgan fingerprint density at radius 2 is 1.96 bits per heavy atom. The van der Waals surface area contributed by atoms with Crippen LogP contribution in [0.5, 0.6) is 0 Å². The van der Waals surface area contributed by atoms with E-state index in [9.17, 15) is 14.4 Å². The standard InChI is InChI=1S/C20H27N5O3/c1-4-5-11-25-19(27)10-9-17(23-25)20(28)21-13-15-7-6-8-16(12-15)22-18(26)14-24(2)3/h6-10,12H,4-5,11,13-14H2,1-3H3,(H,21,28)(H,22,26). The molecule has 2 N–H and O–H groups in total. The van der Waals surface area contributed by atoms with Gasteiger partial charge in [0.2, 0.25) is 5.91 Å². The number of amides is 2. The molecule has 2 rings (SSSR count). The monoisotopic (exact) mass is 385 g/mol. The van der Waals surface area contributed by atoms with Gasteiger partial charge in [0.15, 0.2) is 0 Å². The minimum Gasteiger partial charge on any atom is -0.347 e. The maximum Gasteiger partial charge on any atom is 0.271 e. The van der Waals surface area contributed by atoms with Gasteiger partial charge in [-0.15, -0.1) is 0 Å². The molecule has 0 bridgehead atoms. The van der Waals surface area contributed by atoms with Crippen molar-refractivity contribution in [3.05, 3.63) is 58.0 Å². The van der Waals surface area contributed by atoms with Crippen LogP contribution in [0.3, 0.4) is 0 Å². The number of aryl methyl sites for hydroxylation is 1. The first-order valence-corrected chi connectivity index (χ1v) is 9.29. The predicted molar refractivity (Wildman–Crippen MR) is 108 cm³/mol. The fourth-order valence-corrected chi connectivity index (χ4v) is 2.56. The fourth-order valence-electron chi connectivity index (χ4n) is 2.56. The molecular formula is C20H27N5O3. The second kappa shape index (κ2) is 10.4. The minimum absolute atomic E-state index is 0.107. The van der Waals surface area contributed by atoms with Gasteiger partial charge < -0.3 is 15.5 Å². The van der Waals surface area contributed by atoms with Gasteiger partial charge in [-0.1, -0.05) is 25.5 Å². The van der Waals surface area contributed by atoms with Crippen molar-refractivity contribution in [3.63, 3.8) is 0 Å². The average molecular weight is 385 g/mol. The third-order valence-corrected chi connectivity index (χ3v) is 3.95. The Morgan fingerprint density at radius 1 is 1.18 bits per heavy atom. The number of rotatable bonds is 9. The zero-order valence-electron chi connectivity index (χ0n) is 16.6. The number of hydrogen-bond acceptors (Lipinski definition) is 5. The lowest BCUT2D eigenvalue weighted by atomic mass is 10.2. The van der Waals surface area contributed by atoms with E-state index in [0.29, 0.717) is 18.8 Å². The first-order valence-electron chi connectivity index (χ1n) is 9.29. The van der Waals surface area contributed by atoms with Crippen molar-refractivity contribution in [1.82, 2.24) is 20.0 Å². The van der Waals surface area contributed by atoms with Crippen molar-refractivity contribution in [2.45, 2.75) is 32.9 Å². The SMILES string of the molecule is CCCCn1nc(C(=O)NCc2cccc(NC(=O)CN(C)C)c2)ccc1=O. The van der Waals surface area contributed by atoms with E-state index in [1.54, 1.807) is 11.0 Å². The highest BCUT2D eigenvalue weighted by Gasteiger charge is 2.10. The van der Waals surface area contributed by atoms with Gasteiger partial charge in [-0.05, 0) is 44.3 Å². The second-order valence-corrected chi connectivity index (χ2v) is 6.80. The van der Waals surface area contributed by atoms with E-state index in [1.165, 1.54) is 16.8 Å². The molecule has 0 aliphatic heterocycles. The normalized spacial score (nSPS) is 10.7. The first kappa shape index (κ1) is 21.3. The highest BCUT2D eigenvalue weighted by atomic mass is 16.2. The summed E-state index contributed by atoms with van der Waals surface area (Å²) in [5.74, 6) is -0.461. The van der Waals surface area contributed by atoms with Crippen LogP contribution in [-0.4, -0.2) is 47.1 Å². The molecule has 2 amide bonds. The molecule has 8 nitrogen and oxygen atoms in total. The number of nitrogens with one attached hydrogen (secondary N) is 2. The number of anilines is 1. The number of unbranched alkanes of at least 4 members (excludes halogenated alkanes) is 1. The van der Waals surface area contributed by atoms with E-state index in [2.05, 4.69) is 15.7 Å². The molecule has 0 atom stereocenters. The summed E-state index contributed by atoms with van der Waals surface area (Å²) in [6.07, 6.45) is 1.76. The molecule has 1 heterocycles. The van der Waals surface area contributed by atoms with Gasteiger partial charge in [0.1, 0.15) is 5.69 Å². The Hall–Kier alpha value is -3.00. The lowest BCUT2D eigenvalue weighted by Crippen LogP contribution is -2.29. The van der Waals surface area contributed by atoms with Crippen molar-refractivity contribution < 1.29 is 9.59 Å². The van der Waals surface area contributed by atoms with Crippen LogP contribution < -0.4 is 16.2 Å². The summed E-state index contributed by atoms with van der Waals surface area (Å²) in [6.45, 7) is 3.09. The molecule has 0 fully saturated rings. The molecule has 0 aliphatic carbocycles. The summed E-state index contributed by atoms with van der Waals surface area (Å²) in [5, 5.41) is 9.75. The number of likely N-dealkylation sites (N-methyl/N-ethyl adjacent to an activating group) is 1. The zero-order valence-corrected chi connectivity index (χ0v) is 16.6. The second-order valence-electron chi connectivity index (χ2n) is 6.80. The third kappa shape index (κ3) is 6.62. The fraction of sp³-hybridized carbons (Fsp3) is 0.400. The van der Waals surface area contributed by atoms with Gasteiger partial charge in [0.05, 0.1) is 6.54 Å². The maximum atomic E-state index is 12.4. The Kier molecular flexibility index (Phi) is 7.88. The van der Waals surface area contributed by atoms with Crippen molar-refractivity contribution >= 4 is 17.5 Å². The number of benzene rings is 1. The quantitative estimate of drug-likeness (QED) is 0.681. The molecule has 0 spiro atoms. The molecule has 1 aromatic carbocycles. The molecule has 8 heteroatoms. The zero-order chi connectivity index (χ0) is 20.5. The number of nitrogens with zero attached hydrogens (tertiary/aromatic N) is 3. The van der Waals surface area contributed by atoms with Gasteiger partial charge in [-0.3, -0.25) is 14.4 Å². The van der Waals surface area contributed by atoms with Gasteiger partial charge >= 0.3 is 0 Å². The van der Waals surface area contributed by atoms with E-state index in [4.69, 9.17) is 0 Å². The molecule has 0 radical (unpaired) electrons. The highest BCUT2D eigenvalue weighted by Crippen LogP contribution is 2.10. The lowest BCUT2D eigenvalue weighted by Gasteiger charge is -2.11. The summed E-state index contributed by atoms with van der Waals surface area (Å²) in [6, 6.07) is 10.1. The van der Waals surface area contributed by atoms with Crippen LogP contribution in [0.1, 0.15) is 35.8 Å². The molecule has 0 unspecified atom stereocenters. The van der Waals surface area contributed by atoms with E-state index >= 15 is 0 Å². The molecular weight excluding hydrogens is 358 g/mol. The summed E-state index contributed by atoms with van der Waals surface area (Å²) < 4.78 is 1.32. The molecule has 28 heavy (non-hydrogen) atoms. The average Bonchev–Trinajstić information content (AvgIpc) is 2.65. The first-order chi connectivity index (χ1) is 13.4. The van der Waals surface area contributed by atoms with Crippen molar-refractivity contribution in [2.24, 2.45) is 0 Å². The number of carbonyl (C=O) groups is 2. The minimum atomic E-state index is -0.354. The van der Waals surface area contributed by atoms with Crippen molar-refractivity contribution in [1.29, 1.82) is 0 Å². The van der Waals surface area contributed by atoms with Crippen LogP contribution in [0, 0.1) is 0 Å². The number of hydrogen-bond donors (Lipinski definition) is 2. The predicted octanol–water partition coefficient (Wildman–Crippen LogP) is 1.47. The molecule has 2 aromatic rings. The van der Waals surface area contributed by atoms with Gasteiger partial charge in [0, 0.05) is 24.8 Å². The van der Waals surface area contributed by atoms with E-state index < -0.39 is 0 Å². The van der Waals surface area contributed by atoms with E-state index in [0.717, 1.165) is 18.4 Å². The third-order valence-electron chi connectivity index (χ3n) is 3.95. The van der Waals surface area contributed by atoms with Crippen LogP contribution in [-0.2, 0) is 17.9 Å². The smallest absolute Gasteiger partial charge is 0.271 e. The summed E-state index contributed by atoms with van der Waals surface area (Å²) in [7, 11) is 3.65. The maximum absolute atomic E-state index is 12.4. The summed E-state index contributed by atoms with van der Waals surface area (Å²) >= 11 is 0. The van der Waals surface area contributed by atoms with Crippen molar-refractivity contribution in [2.75, 3.05) is 26.0 Å². The van der Waals surface area contributed by atoms with Crippen LogP contribution in [0.25, 0.3) is 0 Å². The summed E-state index contributed by atoms with van der Waals surface area (Å²) in [4.78, 5) is 37.8. The largest absolute Gasteiger partial charge is 0.347 e. The van der Waals surface area contributed by atoms with Crippen LogP contribution in [0.2, 0.25) is 0 Å². The van der Waals surface area contributed by atoms with Crippen molar-refractivity contribution in [3.8, 4) is 0 Å². The molecule has 0 aliphatic rings. The Bertz CT molecular complexity index is 876. The Labute approximate surface area is 164 Å². The molecule has 150 valence electrons. The summed E-state index contributed by atoms with van der Waals surface area (Å²) in [5.41, 5.74) is 1.50. The molecule has 1 aromatic heterocycles. The molecule has 0 saturated carbocycles. The van der Waals surface area contributed by atoms with Gasteiger partial charge in [-0.25, -0.2) is 4.68 Å². The lowest BCUT2D eigenvalue weighted by molar-refractivity contribution is -0.116. The van der Waals surface area contributed by atoms with Crippen LogP contribution in [0.15, 0.2) is 41.2 Å². The van der Waals surface area contributed by atoms with Gasteiger partial charge in [0.25, 0.3) is 11.5 Å². The van der Waals surface area contributed by atoms with Gasteiger partial charge in [-0.2, -0.15) is 5.10 Å². The Morgan fingerprint density at radius 3 is 2.68 bits per heavy atom. The number of carbonyl (C=O) groups excluding carboxylic acids is 2.